The first-order valence-corrected chi connectivity index (χ1v) is 4.44. The molecule has 3 N–H and O–H groups in total. The van der Waals surface area contributed by atoms with Gasteiger partial charge in [-0.05, 0) is 40.3 Å². The zero-order chi connectivity index (χ0) is 8.27. The number of hydrogen-bond donors (Lipinski definition) is 2. The smallest absolute Gasteiger partial charge is 0.0624 e. The van der Waals surface area contributed by atoms with Crippen LogP contribution in [0.3, 0.4) is 0 Å². The molecule has 1 aromatic carbocycles. The summed E-state index contributed by atoms with van der Waals surface area (Å²) in [6.07, 6.45) is 0. The van der Waals surface area contributed by atoms with Crippen molar-refractivity contribution in [2.45, 2.75) is 6.04 Å². The minimum atomic E-state index is -0.246. The normalized spacial score (nSPS) is 11.9. The molecule has 1 atom stereocenters. The first-order valence-electron chi connectivity index (χ1n) is 3.36. The summed E-state index contributed by atoms with van der Waals surface area (Å²) >= 11 is 2.22. The largest absolute Gasteiger partial charge is 0.394 e. The highest BCUT2D eigenvalue weighted by atomic mass is 127. The minimum Gasteiger partial charge on any atom is -0.394 e. The van der Waals surface area contributed by atoms with Gasteiger partial charge in [-0.1, -0.05) is 12.1 Å². The molecule has 0 heterocycles. The predicted octanol–water partition coefficient (Wildman–Crippen LogP) is 1.71. The SMILES string of the molecule is Cl.NC(CO)c1cccc(I)c1. The lowest BCUT2D eigenvalue weighted by atomic mass is 10.1. The van der Waals surface area contributed by atoms with Gasteiger partial charge in [0, 0.05) is 3.57 Å². The van der Waals surface area contributed by atoms with Crippen LogP contribution in [-0.2, 0) is 0 Å². The Labute approximate surface area is 91.7 Å². The second-order valence-corrected chi connectivity index (χ2v) is 3.59. The average molecular weight is 300 g/mol. The number of nitrogens with two attached hydrogens (primary N) is 1. The summed E-state index contributed by atoms with van der Waals surface area (Å²) in [6, 6.07) is 7.58. The standard InChI is InChI=1S/C8H10INO.ClH/c9-7-3-1-2-6(4-7)8(10)5-11;/h1-4,8,11H,5,10H2;1H. The molecule has 1 unspecified atom stereocenters. The molecule has 0 fully saturated rings. The van der Waals surface area contributed by atoms with Crippen molar-refractivity contribution >= 4 is 35.0 Å². The van der Waals surface area contributed by atoms with Crippen LogP contribution < -0.4 is 5.73 Å². The number of hydrogen-bond acceptors (Lipinski definition) is 2. The highest BCUT2D eigenvalue weighted by molar-refractivity contribution is 14.1. The van der Waals surface area contributed by atoms with Gasteiger partial charge in [0.1, 0.15) is 0 Å². The molecule has 0 amide bonds. The minimum absolute atomic E-state index is 0. The lowest BCUT2D eigenvalue weighted by Crippen LogP contribution is -2.14. The Bertz CT molecular complexity index is 244. The van der Waals surface area contributed by atoms with Crippen molar-refractivity contribution in [2.24, 2.45) is 5.73 Å². The highest BCUT2D eigenvalue weighted by Gasteiger charge is 2.02. The van der Waals surface area contributed by atoms with Gasteiger partial charge in [-0.3, -0.25) is 0 Å². The number of aliphatic hydroxyl groups excluding tert-OH is 1. The number of aliphatic hydroxyl groups is 1. The van der Waals surface area contributed by atoms with Crippen molar-refractivity contribution in [1.82, 2.24) is 0 Å². The van der Waals surface area contributed by atoms with E-state index in [9.17, 15) is 0 Å². The lowest BCUT2D eigenvalue weighted by molar-refractivity contribution is 0.268. The van der Waals surface area contributed by atoms with E-state index in [1.165, 1.54) is 0 Å². The van der Waals surface area contributed by atoms with Gasteiger partial charge in [0.05, 0.1) is 12.6 Å². The monoisotopic (exact) mass is 299 g/mol. The average Bonchev–Trinajstić information content (AvgIpc) is 2.03. The van der Waals surface area contributed by atoms with Gasteiger partial charge >= 0.3 is 0 Å². The fraction of sp³-hybridized carbons (Fsp3) is 0.250. The molecular formula is C8H11ClINO. The molecule has 0 spiro atoms. The van der Waals surface area contributed by atoms with Crippen molar-refractivity contribution in [1.29, 1.82) is 0 Å². The van der Waals surface area contributed by atoms with Gasteiger partial charge in [0.25, 0.3) is 0 Å². The van der Waals surface area contributed by atoms with Crippen LogP contribution >= 0.6 is 35.0 Å². The first-order chi connectivity index (χ1) is 5.24. The molecule has 0 aromatic heterocycles. The molecule has 4 heteroatoms. The Hall–Kier alpha value is 0.160. The topological polar surface area (TPSA) is 46.2 Å². The number of benzene rings is 1. The van der Waals surface area contributed by atoms with Crippen molar-refractivity contribution < 1.29 is 5.11 Å². The maximum Gasteiger partial charge on any atom is 0.0624 e. The molecule has 0 saturated carbocycles. The molecule has 0 bridgehead atoms. The van der Waals surface area contributed by atoms with E-state index >= 15 is 0 Å². The number of rotatable bonds is 2. The summed E-state index contributed by atoms with van der Waals surface area (Å²) in [7, 11) is 0. The predicted molar refractivity (Wildman–Crippen MR) is 60.4 cm³/mol. The second-order valence-electron chi connectivity index (χ2n) is 2.34. The summed E-state index contributed by atoms with van der Waals surface area (Å²) in [6.45, 7) is 0.0000926. The quantitative estimate of drug-likeness (QED) is 0.817. The van der Waals surface area contributed by atoms with E-state index in [2.05, 4.69) is 22.6 Å². The molecule has 12 heavy (non-hydrogen) atoms. The molecule has 0 aliphatic rings. The van der Waals surface area contributed by atoms with Gasteiger partial charge in [-0.2, -0.15) is 0 Å². The van der Waals surface area contributed by atoms with Crippen molar-refractivity contribution in [3.63, 3.8) is 0 Å². The molecule has 1 rings (SSSR count). The summed E-state index contributed by atoms with van der Waals surface area (Å²) in [5, 5.41) is 8.75. The maximum absolute atomic E-state index is 8.75. The van der Waals surface area contributed by atoms with E-state index in [0.29, 0.717) is 0 Å². The van der Waals surface area contributed by atoms with Gasteiger partial charge in [-0.15, -0.1) is 12.4 Å². The summed E-state index contributed by atoms with van der Waals surface area (Å²) < 4.78 is 1.14. The van der Waals surface area contributed by atoms with Crippen LogP contribution in [0, 0.1) is 3.57 Å². The molecular weight excluding hydrogens is 288 g/mol. The third-order valence-corrected chi connectivity index (χ3v) is 2.14. The van der Waals surface area contributed by atoms with Crippen molar-refractivity contribution in [3.8, 4) is 0 Å². The van der Waals surface area contributed by atoms with E-state index < -0.39 is 0 Å². The van der Waals surface area contributed by atoms with Crippen LogP contribution in [0.5, 0.6) is 0 Å². The zero-order valence-electron chi connectivity index (χ0n) is 6.40. The van der Waals surface area contributed by atoms with Gasteiger partial charge in [0.2, 0.25) is 0 Å². The third kappa shape index (κ3) is 3.26. The summed E-state index contributed by atoms with van der Waals surface area (Å²) in [5.74, 6) is 0. The van der Waals surface area contributed by atoms with E-state index in [1.54, 1.807) is 0 Å². The second kappa shape index (κ2) is 5.75. The molecule has 0 radical (unpaired) electrons. The Morgan fingerprint density at radius 2 is 2.17 bits per heavy atom. The Morgan fingerprint density at radius 1 is 1.50 bits per heavy atom. The Balaban J connectivity index is 0.00000121. The van der Waals surface area contributed by atoms with Crippen molar-refractivity contribution in [3.05, 3.63) is 33.4 Å². The van der Waals surface area contributed by atoms with Crippen LogP contribution in [0.25, 0.3) is 0 Å². The third-order valence-electron chi connectivity index (χ3n) is 1.47. The molecule has 1 aromatic rings. The summed E-state index contributed by atoms with van der Waals surface area (Å²) in [5.41, 5.74) is 6.60. The van der Waals surface area contributed by atoms with Gasteiger partial charge in [0.15, 0.2) is 0 Å². The molecule has 2 nitrogen and oxygen atoms in total. The van der Waals surface area contributed by atoms with Crippen LogP contribution in [0.15, 0.2) is 24.3 Å². The molecule has 0 saturated heterocycles. The van der Waals surface area contributed by atoms with E-state index in [-0.39, 0.29) is 25.1 Å². The first kappa shape index (κ1) is 12.2. The van der Waals surface area contributed by atoms with Crippen LogP contribution in [-0.4, -0.2) is 11.7 Å². The fourth-order valence-corrected chi connectivity index (χ4v) is 1.41. The fourth-order valence-electron chi connectivity index (χ4n) is 0.843. The maximum atomic E-state index is 8.75. The van der Waals surface area contributed by atoms with E-state index in [0.717, 1.165) is 9.13 Å². The summed E-state index contributed by atoms with van der Waals surface area (Å²) in [4.78, 5) is 0. The van der Waals surface area contributed by atoms with Crippen LogP contribution in [0.2, 0.25) is 0 Å². The Morgan fingerprint density at radius 3 is 2.67 bits per heavy atom. The van der Waals surface area contributed by atoms with E-state index in [1.807, 2.05) is 24.3 Å². The lowest BCUT2D eigenvalue weighted by Gasteiger charge is -2.07. The van der Waals surface area contributed by atoms with Crippen molar-refractivity contribution in [2.75, 3.05) is 6.61 Å². The molecule has 0 aliphatic heterocycles. The van der Waals surface area contributed by atoms with E-state index in [4.69, 9.17) is 10.8 Å². The molecule has 68 valence electrons. The number of halogens is 2. The van der Waals surface area contributed by atoms with Gasteiger partial charge < -0.3 is 10.8 Å². The van der Waals surface area contributed by atoms with Gasteiger partial charge in [-0.25, -0.2) is 0 Å². The highest BCUT2D eigenvalue weighted by Crippen LogP contribution is 2.12. The van der Waals surface area contributed by atoms with Crippen LogP contribution in [0.1, 0.15) is 11.6 Å². The zero-order valence-corrected chi connectivity index (χ0v) is 9.38. The Kier molecular flexibility index (Phi) is 5.82. The van der Waals surface area contributed by atoms with Crippen LogP contribution in [0.4, 0.5) is 0 Å². The molecule has 0 aliphatic carbocycles.